The molecule has 1 unspecified atom stereocenters. The van der Waals surface area contributed by atoms with Gasteiger partial charge in [-0.2, -0.15) is 0 Å². The minimum Gasteiger partial charge on any atom is -0.494 e. The lowest BCUT2D eigenvalue weighted by Crippen LogP contribution is -2.71. The fourth-order valence-electron chi connectivity index (χ4n) is 10.0. The number of carbonyl (C=O) groups is 5. The van der Waals surface area contributed by atoms with Crippen molar-refractivity contribution in [3.8, 4) is 17.0 Å². The third-order valence-electron chi connectivity index (χ3n) is 13.7. The summed E-state index contributed by atoms with van der Waals surface area (Å²) in [4.78, 5) is 83.2. The highest BCUT2D eigenvalue weighted by atomic mass is 16.5. The molecule has 3 aromatic carbocycles. The van der Waals surface area contributed by atoms with Crippen LogP contribution in [0.3, 0.4) is 0 Å². The first-order valence-corrected chi connectivity index (χ1v) is 22.1. The van der Waals surface area contributed by atoms with Crippen molar-refractivity contribution in [2.75, 3.05) is 79.9 Å². The van der Waals surface area contributed by atoms with Crippen molar-refractivity contribution in [3.05, 3.63) is 84.2 Å². The van der Waals surface area contributed by atoms with E-state index in [1.54, 1.807) is 25.4 Å². The number of piperazine rings is 1. The molecule has 3 N–H and O–H groups in total. The number of carbonyl (C=O) groups excluding carboxylic acids is 5. The van der Waals surface area contributed by atoms with E-state index in [0.717, 1.165) is 85.3 Å². The van der Waals surface area contributed by atoms with Gasteiger partial charge in [0.25, 0.3) is 11.8 Å². The third kappa shape index (κ3) is 7.08. The Balaban J connectivity index is 0.707. The number of ether oxygens (including phenoxy) is 1. The molecule has 5 aliphatic heterocycles. The van der Waals surface area contributed by atoms with Crippen molar-refractivity contribution < 1.29 is 28.7 Å². The summed E-state index contributed by atoms with van der Waals surface area (Å²) in [5.41, 5.74) is 6.78. The Morgan fingerprint density at radius 2 is 1.55 bits per heavy atom. The van der Waals surface area contributed by atoms with Gasteiger partial charge in [0, 0.05) is 124 Å². The Hall–Kier alpha value is -6.85. The van der Waals surface area contributed by atoms with Gasteiger partial charge >= 0.3 is 0 Å². The zero-order valence-electron chi connectivity index (χ0n) is 35.8. The van der Waals surface area contributed by atoms with Crippen LogP contribution in [0.1, 0.15) is 59.4 Å². The Morgan fingerprint density at radius 3 is 2.30 bits per heavy atom. The maximum absolute atomic E-state index is 13.4. The predicted octanol–water partition coefficient (Wildman–Crippen LogP) is 4.24. The van der Waals surface area contributed by atoms with Crippen molar-refractivity contribution in [1.82, 2.24) is 34.6 Å². The number of methoxy groups -OCH3 is 1. The molecule has 4 saturated heterocycles. The number of aromatic nitrogens is 3. The molecule has 5 aromatic rings. The summed E-state index contributed by atoms with van der Waals surface area (Å²) >= 11 is 0. The number of amides is 5. The standard InChI is InChI=1S/C47H49N11O6/c1-27(59)49-37-20-38(51-47-48-14-13-36(50-47)35-26-57(28-7-8-28)39-6-4-3-5-32(35)39)42(64-2)21-41(37)54-17-15-53(16-18-54)30-22-56(23-30)31-24-55(25-31)29-9-10-33-34(19-29)46(63)58(45(33)62)40-11-12-43(60)52-44(40)61/h3-6,9-10,13-14,19-21,26,28,30-31,40H,7-8,11-12,15-18,22-25H2,1-2H3,(H,49,59)(H,48,50,51)(H,52,60,61). The van der Waals surface area contributed by atoms with E-state index in [-0.39, 0.29) is 24.3 Å². The van der Waals surface area contributed by atoms with E-state index in [0.29, 0.717) is 46.8 Å². The number of likely N-dealkylation sites (tertiary alicyclic amines) is 1. The van der Waals surface area contributed by atoms with Crippen LogP contribution in [-0.2, 0) is 14.4 Å². The smallest absolute Gasteiger partial charge is 0.262 e. The van der Waals surface area contributed by atoms with Crippen LogP contribution in [0.5, 0.6) is 5.75 Å². The van der Waals surface area contributed by atoms with Crippen LogP contribution in [0.25, 0.3) is 22.2 Å². The number of hydrogen-bond acceptors (Lipinski definition) is 13. The van der Waals surface area contributed by atoms with Crippen molar-refractivity contribution >= 4 is 69.1 Å². The number of hydrogen-bond donors (Lipinski definition) is 3. The van der Waals surface area contributed by atoms with Gasteiger partial charge in [-0.25, -0.2) is 9.97 Å². The highest BCUT2D eigenvalue weighted by Gasteiger charge is 2.46. The Morgan fingerprint density at radius 1 is 0.781 bits per heavy atom. The number of nitrogens with zero attached hydrogens (tertiary/aromatic N) is 8. The summed E-state index contributed by atoms with van der Waals surface area (Å²) in [6.45, 7) is 8.45. The van der Waals surface area contributed by atoms with Gasteiger partial charge in [0.1, 0.15) is 11.8 Å². The maximum Gasteiger partial charge on any atom is 0.262 e. The lowest BCUT2D eigenvalue weighted by atomic mass is 9.97. The zero-order chi connectivity index (χ0) is 43.8. The molecule has 2 aromatic heterocycles. The molecular formula is C47H49N11O6. The molecule has 5 amide bonds. The van der Waals surface area contributed by atoms with E-state index in [1.807, 2.05) is 24.3 Å². The molecule has 5 fully saturated rings. The average Bonchev–Trinajstić information content (AvgIpc) is 3.99. The second kappa shape index (κ2) is 15.7. The summed E-state index contributed by atoms with van der Waals surface area (Å²) in [7, 11) is 1.64. The minimum absolute atomic E-state index is 0.0872. The number of anilines is 5. The number of piperidine rings is 1. The quantitative estimate of drug-likeness (QED) is 0.161. The van der Waals surface area contributed by atoms with Gasteiger partial charge in [0.2, 0.25) is 23.7 Å². The molecule has 64 heavy (non-hydrogen) atoms. The van der Waals surface area contributed by atoms with Gasteiger partial charge in [0.05, 0.1) is 41.0 Å². The van der Waals surface area contributed by atoms with Crippen molar-refractivity contribution in [2.24, 2.45) is 0 Å². The summed E-state index contributed by atoms with van der Waals surface area (Å²) in [5, 5.41) is 9.85. The van der Waals surface area contributed by atoms with Crippen molar-refractivity contribution in [1.29, 1.82) is 0 Å². The fraction of sp³-hybridized carbons (Fsp3) is 0.383. The number of nitrogens with one attached hydrogen (secondary N) is 3. The van der Waals surface area contributed by atoms with Crippen LogP contribution >= 0.6 is 0 Å². The predicted molar refractivity (Wildman–Crippen MR) is 240 cm³/mol. The van der Waals surface area contributed by atoms with E-state index in [4.69, 9.17) is 9.72 Å². The normalized spacial score (nSPS) is 20.9. The van der Waals surface area contributed by atoms with Crippen molar-refractivity contribution in [2.45, 2.75) is 56.8 Å². The van der Waals surface area contributed by atoms with Crippen LogP contribution in [0, 0.1) is 0 Å². The van der Waals surface area contributed by atoms with Crippen LogP contribution < -0.4 is 30.5 Å². The molecule has 17 heteroatoms. The van der Waals surface area contributed by atoms with Gasteiger partial charge in [-0.1, -0.05) is 18.2 Å². The van der Waals surface area contributed by atoms with Crippen molar-refractivity contribution in [3.63, 3.8) is 0 Å². The van der Waals surface area contributed by atoms with E-state index in [9.17, 15) is 24.0 Å². The number of rotatable bonds is 11. The van der Waals surface area contributed by atoms with E-state index in [1.165, 1.54) is 25.3 Å². The van der Waals surface area contributed by atoms with Gasteiger partial charge in [-0.3, -0.25) is 44.0 Å². The molecule has 1 atom stereocenters. The number of imide groups is 2. The minimum atomic E-state index is -0.980. The number of para-hydroxylation sites is 1. The largest absolute Gasteiger partial charge is 0.494 e. The maximum atomic E-state index is 13.4. The first-order valence-electron chi connectivity index (χ1n) is 22.1. The molecule has 17 nitrogen and oxygen atoms in total. The molecule has 0 spiro atoms. The molecule has 0 bridgehead atoms. The second-order valence-electron chi connectivity index (χ2n) is 17.7. The summed E-state index contributed by atoms with van der Waals surface area (Å²) in [6, 6.07) is 20.0. The Bertz CT molecular complexity index is 2750. The molecule has 0 radical (unpaired) electrons. The van der Waals surface area contributed by atoms with Gasteiger partial charge < -0.3 is 29.7 Å². The first-order chi connectivity index (χ1) is 31.1. The second-order valence-corrected chi connectivity index (χ2v) is 17.7. The number of fused-ring (bicyclic) bond motifs is 2. The topological polar surface area (TPSA) is 178 Å². The Labute approximate surface area is 369 Å². The molecule has 1 aliphatic carbocycles. The van der Waals surface area contributed by atoms with E-state index >= 15 is 0 Å². The average molecular weight is 864 g/mol. The molecule has 6 aliphatic rings. The first kappa shape index (κ1) is 40.0. The molecule has 11 rings (SSSR count). The summed E-state index contributed by atoms with van der Waals surface area (Å²) in [5.74, 6) is -1.11. The highest BCUT2D eigenvalue weighted by molar-refractivity contribution is 6.23. The lowest BCUT2D eigenvalue weighted by molar-refractivity contribution is -0.136. The van der Waals surface area contributed by atoms with Gasteiger partial charge in [-0.05, 0) is 55.7 Å². The molecule has 1 saturated carbocycles. The highest BCUT2D eigenvalue weighted by Crippen LogP contribution is 2.42. The van der Waals surface area contributed by atoms with E-state index < -0.39 is 29.7 Å². The van der Waals surface area contributed by atoms with Crippen LogP contribution in [0.15, 0.2) is 73.1 Å². The monoisotopic (exact) mass is 863 g/mol. The SMILES string of the molecule is COc1cc(N2CCN(C3CN(C4CN(c5ccc6c(c5)C(=O)N(C5CCC(=O)NC5=O)C6=O)C4)C3)CC2)c(NC(C)=O)cc1Nc1nccc(-c2cn(C3CC3)c3ccccc23)n1. The summed E-state index contributed by atoms with van der Waals surface area (Å²) in [6.07, 6.45) is 6.56. The van der Waals surface area contributed by atoms with E-state index in [2.05, 4.69) is 75.6 Å². The molecule has 7 heterocycles. The Kier molecular flexibility index (Phi) is 9.83. The lowest BCUT2D eigenvalue weighted by Gasteiger charge is -2.55. The van der Waals surface area contributed by atoms with Crippen LogP contribution in [0.2, 0.25) is 0 Å². The fourth-order valence-corrected chi connectivity index (χ4v) is 10.0. The third-order valence-corrected chi connectivity index (χ3v) is 13.7. The number of benzene rings is 3. The van der Waals surface area contributed by atoms with Gasteiger partial charge in [0.15, 0.2) is 0 Å². The van der Waals surface area contributed by atoms with Gasteiger partial charge in [-0.15, -0.1) is 0 Å². The molecule has 328 valence electrons. The van der Waals surface area contributed by atoms with Crippen LogP contribution in [-0.4, -0.2) is 136 Å². The molecular weight excluding hydrogens is 815 g/mol. The zero-order valence-corrected chi connectivity index (χ0v) is 35.8. The summed E-state index contributed by atoms with van der Waals surface area (Å²) < 4.78 is 8.28. The van der Waals surface area contributed by atoms with Crippen LogP contribution in [0.4, 0.5) is 28.7 Å².